The first-order valence-electron chi connectivity index (χ1n) is 10.4. The first-order valence-corrected chi connectivity index (χ1v) is 10.4. The van der Waals surface area contributed by atoms with Crippen LogP contribution in [0.25, 0.3) is 0 Å². The van der Waals surface area contributed by atoms with E-state index in [1.54, 1.807) is 43.4 Å². The van der Waals surface area contributed by atoms with Crippen LogP contribution in [0, 0.1) is 5.82 Å². The van der Waals surface area contributed by atoms with Crippen molar-refractivity contribution in [2.45, 2.75) is 6.10 Å². The van der Waals surface area contributed by atoms with Gasteiger partial charge in [-0.05, 0) is 24.3 Å². The van der Waals surface area contributed by atoms with E-state index < -0.39 is 18.0 Å². The van der Waals surface area contributed by atoms with Crippen molar-refractivity contribution in [2.75, 3.05) is 56.2 Å². The first-order chi connectivity index (χ1) is 15.5. The van der Waals surface area contributed by atoms with E-state index in [2.05, 4.69) is 0 Å². The minimum absolute atomic E-state index is 0.141. The lowest BCUT2D eigenvalue weighted by Crippen LogP contribution is -2.37. The molecule has 2 heterocycles. The topological polar surface area (TPSA) is 79.4 Å². The van der Waals surface area contributed by atoms with E-state index in [0.29, 0.717) is 49.5 Å². The number of nitrogens with zero attached hydrogens (tertiary/aromatic N) is 3. The number of hydrogen-bond donors (Lipinski definition) is 0. The molecule has 2 fully saturated rings. The average molecular weight is 441 g/mol. The van der Waals surface area contributed by atoms with Crippen molar-refractivity contribution in [3.8, 4) is 0 Å². The normalized spacial score (nSPS) is 18.4. The second-order valence-corrected chi connectivity index (χ2v) is 7.74. The summed E-state index contributed by atoms with van der Waals surface area (Å²) < 4.78 is 25.4. The Hall–Kier alpha value is -3.46. The Kier molecular flexibility index (Phi) is 6.36. The zero-order valence-electron chi connectivity index (χ0n) is 17.7. The highest BCUT2D eigenvalue weighted by molar-refractivity contribution is 6.01. The predicted octanol–water partition coefficient (Wildman–Crippen LogP) is 2.57. The molecule has 2 amide bonds. The van der Waals surface area contributed by atoms with E-state index in [4.69, 9.17) is 9.47 Å². The summed E-state index contributed by atoms with van der Waals surface area (Å²) in [7, 11) is 1.58. The summed E-state index contributed by atoms with van der Waals surface area (Å²) in [5.74, 6) is -0.762. The van der Waals surface area contributed by atoms with Crippen LogP contribution in [0.4, 0.5) is 20.6 Å². The number of ether oxygens (including phenoxy) is 2. The number of halogens is 1. The lowest BCUT2D eigenvalue weighted by atomic mass is 10.1. The minimum atomic E-state index is -0.595. The highest BCUT2D eigenvalue weighted by Crippen LogP contribution is 2.28. The molecule has 2 aromatic rings. The molecule has 0 bridgehead atoms. The maximum Gasteiger partial charge on any atom is 0.414 e. The summed E-state index contributed by atoms with van der Waals surface area (Å²) in [6.45, 7) is 2.63. The van der Waals surface area contributed by atoms with Crippen molar-refractivity contribution >= 4 is 29.7 Å². The van der Waals surface area contributed by atoms with Gasteiger partial charge in [0.25, 0.3) is 5.91 Å². The molecule has 0 radical (unpaired) electrons. The van der Waals surface area contributed by atoms with Gasteiger partial charge in [-0.1, -0.05) is 18.2 Å². The Morgan fingerprint density at radius 3 is 2.69 bits per heavy atom. The summed E-state index contributed by atoms with van der Waals surface area (Å²) in [5, 5.41) is 0. The average Bonchev–Trinajstić information content (AvgIpc) is 3.18. The second-order valence-electron chi connectivity index (χ2n) is 7.74. The van der Waals surface area contributed by atoms with E-state index in [1.807, 2.05) is 4.90 Å². The van der Waals surface area contributed by atoms with Gasteiger partial charge in [-0.2, -0.15) is 0 Å². The lowest BCUT2D eigenvalue weighted by molar-refractivity contribution is 0.0693. The van der Waals surface area contributed by atoms with Crippen LogP contribution in [-0.4, -0.2) is 75.7 Å². The standard InChI is InChI=1S/C23H24FN3O5/c1-25(22(29)19-5-3-2-4-16(19)15-28)13-18-14-27(23(30)32-18)17-6-7-21(20(24)12-17)26-8-10-31-11-9-26/h2-7,12,15,18H,8-11,13-14H2,1H3. The maximum absolute atomic E-state index is 14.7. The number of cyclic esters (lactones) is 1. The SMILES string of the molecule is CN(CC1CN(c2ccc(N3CCOCC3)c(F)c2)C(=O)O1)C(=O)c1ccccc1C=O. The molecular formula is C23H24FN3O5. The Bertz CT molecular complexity index is 1020. The molecule has 9 heteroatoms. The fourth-order valence-corrected chi connectivity index (χ4v) is 3.94. The molecule has 2 aliphatic heterocycles. The highest BCUT2D eigenvalue weighted by Gasteiger charge is 2.34. The van der Waals surface area contributed by atoms with Crippen molar-refractivity contribution in [3.63, 3.8) is 0 Å². The summed E-state index contributed by atoms with van der Waals surface area (Å²) in [4.78, 5) is 41.0. The van der Waals surface area contributed by atoms with Gasteiger partial charge in [0, 0.05) is 25.7 Å². The zero-order valence-corrected chi connectivity index (χ0v) is 17.7. The summed E-state index contributed by atoms with van der Waals surface area (Å²) in [5.41, 5.74) is 1.45. The molecule has 2 aliphatic rings. The van der Waals surface area contributed by atoms with E-state index in [1.165, 1.54) is 15.9 Å². The molecule has 1 unspecified atom stereocenters. The number of rotatable bonds is 6. The molecule has 2 aromatic carbocycles. The number of morpholine rings is 1. The fraction of sp³-hybridized carbons (Fsp3) is 0.348. The largest absolute Gasteiger partial charge is 0.442 e. The first kappa shape index (κ1) is 21.8. The van der Waals surface area contributed by atoms with Crippen LogP contribution >= 0.6 is 0 Å². The van der Waals surface area contributed by atoms with Crippen molar-refractivity contribution in [1.82, 2.24) is 4.90 Å². The number of aldehydes is 1. The number of likely N-dealkylation sites (N-methyl/N-ethyl adjacent to an activating group) is 1. The molecule has 0 aromatic heterocycles. The number of amides is 2. The van der Waals surface area contributed by atoms with E-state index in [9.17, 15) is 18.8 Å². The molecule has 0 aliphatic carbocycles. The number of carbonyl (C=O) groups excluding carboxylic acids is 3. The molecule has 4 rings (SSSR count). The molecular weight excluding hydrogens is 417 g/mol. The molecule has 168 valence electrons. The number of benzene rings is 2. The lowest BCUT2D eigenvalue weighted by Gasteiger charge is -2.29. The van der Waals surface area contributed by atoms with Gasteiger partial charge in [0.15, 0.2) is 6.29 Å². The van der Waals surface area contributed by atoms with Crippen LogP contribution in [-0.2, 0) is 9.47 Å². The predicted molar refractivity (Wildman–Crippen MR) is 116 cm³/mol. The van der Waals surface area contributed by atoms with Crippen LogP contribution in [0.2, 0.25) is 0 Å². The van der Waals surface area contributed by atoms with E-state index >= 15 is 0 Å². The molecule has 32 heavy (non-hydrogen) atoms. The van der Waals surface area contributed by atoms with Crippen molar-refractivity contribution < 1.29 is 28.2 Å². The third-order valence-electron chi connectivity index (χ3n) is 5.61. The monoisotopic (exact) mass is 441 g/mol. The van der Waals surface area contributed by atoms with Gasteiger partial charge in [0.05, 0.1) is 43.2 Å². The van der Waals surface area contributed by atoms with E-state index in [0.717, 1.165) is 0 Å². The maximum atomic E-state index is 14.7. The van der Waals surface area contributed by atoms with E-state index in [-0.39, 0.29) is 24.6 Å². The molecule has 2 saturated heterocycles. The third-order valence-corrected chi connectivity index (χ3v) is 5.61. The smallest absolute Gasteiger partial charge is 0.414 e. The van der Waals surface area contributed by atoms with Crippen LogP contribution in [0.15, 0.2) is 42.5 Å². The molecule has 0 N–H and O–H groups in total. The van der Waals surface area contributed by atoms with Crippen molar-refractivity contribution in [3.05, 3.63) is 59.4 Å². The minimum Gasteiger partial charge on any atom is -0.442 e. The van der Waals surface area contributed by atoms with Crippen LogP contribution in [0.3, 0.4) is 0 Å². The Balaban J connectivity index is 1.42. The van der Waals surface area contributed by atoms with Gasteiger partial charge in [-0.25, -0.2) is 9.18 Å². The highest BCUT2D eigenvalue weighted by atomic mass is 19.1. The third kappa shape index (κ3) is 4.43. The molecule has 1 atom stereocenters. The Morgan fingerprint density at radius 1 is 1.22 bits per heavy atom. The van der Waals surface area contributed by atoms with Gasteiger partial charge in [-0.3, -0.25) is 14.5 Å². The van der Waals surface area contributed by atoms with Crippen molar-refractivity contribution in [2.24, 2.45) is 0 Å². The summed E-state index contributed by atoms with van der Waals surface area (Å²) in [6, 6.07) is 11.2. The quantitative estimate of drug-likeness (QED) is 0.641. The van der Waals surface area contributed by atoms with Gasteiger partial charge in [0.2, 0.25) is 0 Å². The number of carbonyl (C=O) groups is 3. The number of hydrogen-bond acceptors (Lipinski definition) is 6. The Morgan fingerprint density at radius 2 is 1.97 bits per heavy atom. The van der Waals surface area contributed by atoms with Gasteiger partial charge < -0.3 is 19.3 Å². The number of anilines is 2. The van der Waals surface area contributed by atoms with Gasteiger partial charge in [0.1, 0.15) is 11.9 Å². The van der Waals surface area contributed by atoms with Crippen LogP contribution in [0.5, 0.6) is 0 Å². The second kappa shape index (κ2) is 9.35. The van der Waals surface area contributed by atoms with Crippen molar-refractivity contribution in [1.29, 1.82) is 0 Å². The fourth-order valence-electron chi connectivity index (χ4n) is 3.94. The van der Waals surface area contributed by atoms with Crippen LogP contribution < -0.4 is 9.80 Å². The Labute approximate surface area is 185 Å². The summed E-state index contributed by atoms with van der Waals surface area (Å²) in [6.07, 6.45) is -0.544. The molecule has 8 nitrogen and oxygen atoms in total. The van der Waals surface area contributed by atoms with Crippen LogP contribution in [0.1, 0.15) is 20.7 Å². The summed E-state index contributed by atoms with van der Waals surface area (Å²) >= 11 is 0. The van der Waals surface area contributed by atoms with Gasteiger partial charge >= 0.3 is 6.09 Å². The molecule has 0 spiro atoms. The molecule has 0 saturated carbocycles. The zero-order chi connectivity index (χ0) is 22.7. The van der Waals surface area contributed by atoms with Gasteiger partial charge in [-0.15, -0.1) is 0 Å².